The first kappa shape index (κ1) is 14.6. The SMILES string of the molecule is CC(C)(N)CCSCCSC(C)(C)N. The second-order valence-electron chi connectivity index (χ2n) is 4.80. The van der Waals surface area contributed by atoms with Crippen LogP contribution in [0, 0.1) is 0 Å². The van der Waals surface area contributed by atoms with E-state index in [1.54, 1.807) is 0 Å². The second kappa shape index (κ2) is 6.26. The second-order valence-corrected chi connectivity index (χ2v) is 7.78. The summed E-state index contributed by atoms with van der Waals surface area (Å²) in [4.78, 5) is -0.0896. The molecule has 0 radical (unpaired) electrons. The van der Waals surface area contributed by atoms with Crippen LogP contribution in [0.5, 0.6) is 0 Å². The maximum absolute atomic E-state index is 5.88. The van der Waals surface area contributed by atoms with Crippen molar-refractivity contribution >= 4 is 23.5 Å². The molecular formula is C10H24N2S2. The maximum atomic E-state index is 5.88. The first-order valence-electron chi connectivity index (χ1n) is 5.00. The van der Waals surface area contributed by atoms with Crippen LogP contribution in [0.2, 0.25) is 0 Å². The number of hydrogen-bond acceptors (Lipinski definition) is 4. The molecule has 0 atom stereocenters. The normalized spacial score (nSPS) is 13.3. The van der Waals surface area contributed by atoms with Crippen LogP contribution in [0.25, 0.3) is 0 Å². The zero-order chi connectivity index (χ0) is 11.2. The molecule has 0 rings (SSSR count). The molecule has 4 heteroatoms. The van der Waals surface area contributed by atoms with Crippen molar-refractivity contribution in [2.24, 2.45) is 11.5 Å². The summed E-state index contributed by atoms with van der Waals surface area (Å²) in [6.07, 6.45) is 1.08. The van der Waals surface area contributed by atoms with Gasteiger partial charge >= 0.3 is 0 Å². The van der Waals surface area contributed by atoms with E-state index in [1.807, 2.05) is 37.4 Å². The third kappa shape index (κ3) is 12.6. The smallest absolute Gasteiger partial charge is 0.0563 e. The molecule has 0 bridgehead atoms. The predicted octanol–water partition coefficient (Wildman–Crippen LogP) is 2.27. The van der Waals surface area contributed by atoms with Crippen LogP contribution < -0.4 is 11.5 Å². The van der Waals surface area contributed by atoms with E-state index in [2.05, 4.69) is 13.8 Å². The highest BCUT2D eigenvalue weighted by Crippen LogP contribution is 2.19. The number of rotatable bonds is 7. The third-order valence-electron chi connectivity index (χ3n) is 1.59. The van der Waals surface area contributed by atoms with Crippen molar-refractivity contribution in [3.05, 3.63) is 0 Å². The van der Waals surface area contributed by atoms with E-state index in [1.165, 1.54) is 5.75 Å². The summed E-state index contributed by atoms with van der Waals surface area (Å²) in [5, 5.41) is 0. The van der Waals surface area contributed by atoms with Crippen LogP contribution in [0.1, 0.15) is 34.1 Å². The number of nitrogens with two attached hydrogens (primary N) is 2. The van der Waals surface area contributed by atoms with Crippen molar-refractivity contribution in [1.82, 2.24) is 0 Å². The highest BCUT2D eigenvalue weighted by atomic mass is 32.2. The summed E-state index contributed by atoms with van der Waals surface area (Å²) in [5.41, 5.74) is 11.7. The van der Waals surface area contributed by atoms with Gasteiger partial charge in [0, 0.05) is 17.0 Å². The Labute approximate surface area is 96.9 Å². The Bertz CT molecular complexity index is 129. The first-order valence-corrected chi connectivity index (χ1v) is 7.14. The molecule has 0 saturated heterocycles. The van der Waals surface area contributed by atoms with Gasteiger partial charge in [-0.2, -0.15) is 11.8 Å². The van der Waals surface area contributed by atoms with Crippen molar-refractivity contribution in [2.75, 3.05) is 17.3 Å². The Kier molecular flexibility index (Phi) is 6.53. The number of thioether (sulfide) groups is 2. The van der Waals surface area contributed by atoms with Crippen LogP contribution >= 0.6 is 23.5 Å². The Balaban J connectivity index is 3.23. The minimum Gasteiger partial charge on any atom is -0.326 e. The predicted molar refractivity (Wildman–Crippen MR) is 70.9 cm³/mol. The zero-order valence-corrected chi connectivity index (χ0v) is 11.4. The van der Waals surface area contributed by atoms with Gasteiger partial charge in [0.25, 0.3) is 0 Å². The van der Waals surface area contributed by atoms with Gasteiger partial charge in [-0.1, -0.05) is 0 Å². The average molecular weight is 236 g/mol. The quantitative estimate of drug-likeness (QED) is 0.526. The Hall–Kier alpha value is 0.620. The van der Waals surface area contributed by atoms with E-state index >= 15 is 0 Å². The van der Waals surface area contributed by atoms with Gasteiger partial charge in [-0.15, -0.1) is 11.8 Å². The van der Waals surface area contributed by atoms with E-state index in [4.69, 9.17) is 11.5 Å². The molecule has 0 unspecified atom stereocenters. The van der Waals surface area contributed by atoms with Crippen molar-refractivity contribution in [3.63, 3.8) is 0 Å². The van der Waals surface area contributed by atoms with Gasteiger partial charge < -0.3 is 11.5 Å². The largest absolute Gasteiger partial charge is 0.326 e. The van der Waals surface area contributed by atoms with Crippen molar-refractivity contribution in [2.45, 2.75) is 44.5 Å². The third-order valence-corrected chi connectivity index (χ3v) is 3.99. The van der Waals surface area contributed by atoms with E-state index in [9.17, 15) is 0 Å². The van der Waals surface area contributed by atoms with E-state index in [0.717, 1.165) is 17.9 Å². The molecule has 0 aromatic carbocycles. The minimum atomic E-state index is -0.0896. The summed E-state index contributed by atoms with van der Waals surface area (Å²) in [5.74, 6) is 3.44. The van der Waals surface area contributed by atoms with E-state index in [0.29, 0.717) is 0 Å². The molecule has 4 N–H and O–H groups in total. The van der Waals surface area contributed by atoms with Gasteiger partial charge in [-0.05, 0) is 39.9 Å². The molecule has 0 aliphatic carbocycles. The highest BCUT2D eigenvalue weighted by Gasteiger charge is 2.11. The Morgan fingerprint density at radius 1 is 0.929 bits per heavy atom. The van der Waals surface area contributed by atoms with Crippen LogP contribution in [0.15, 0.2) is 0 Å². The van der Waals surface area contributed by atoms with Crippen LogP contribution in [-0.4, -0.2) is 27.7 Å². The lowest BCUT2D eigenvalue weighted by Gasteiger charge is -2.19. The molecule has 14 heavy (non-hydrogen) atoms. The van der Waals surface area contributed by atoms with Gasteiger partial charge in [0.15, 0.2) is 0 Å². The van der Waals surface area contributed by atoms with Crippen molar-refractivity contribution in [3.8, 4) is 0 Å². The Morgan fingerprint density at radius 3 is 1.93 bits per heavy atom. The summed E-state index contributed by atoms with van der Waals surface area (Å²) in [7, 11) is 0. The molecule has 0 aromatic rings. The summed E-state index contributed by atoms with van der Waals surface area (Å²) in [6, 6.07) is 0. The molecule has 0 fully saturated rings. The minimum absolute atomic E-state index is 0.0206. The molecule has 0 spiro atoms. The number of hydrogen-bond donors (Lipinski definition) is 2. The fraction of sp³-hybridized carbons (Fsp3) is 1.00. The average Bonchev–Trinajstić information content (AvgIpc) is 1.92. The van der Waals surface area contributed by atoms with Gasteiger partial charge in [0.1, 0.15) is 0 Å². The monoisotopic (exact) mass is 236 g/mol. The van der Waals surface area contributed by atoms with Gasteiger partial charge in [-0.25, -0.2) is 0 Å². The lowest BCUT2D eigenvalue weighted by molar-refractivity contribution is 0.506. The van der Waals surface area contributed by atoms with Gasteiger partial charge in [0.05, 0.1) is 4.87 Å². The molecule has 0 aliphatic rings. The summed E-state index contributed by atoms with van der Waals surface area (Å²) >= 11 is 3.78. The molecule has 86 valence electrons. The van der Waals surface area contributed by atoms with E-state index < -0.39 is 0 Å². The van der Waals surface area contributed by atoms with E-state index in [-0.39, 0.29) is 10.4 Å². The fourth-order valence-electron chi connectivity index (χ4n) is 0.801. The molecular weight excluding hydrogens is 212 g/mol. The zero-order valence-electron chi connectivity index (χ0n) is 9.80. The molecule has 2 nitrogen and oxygen atoms in total. The Morgan fingerprint density at radius 2 is 1.50 bits per heavy atom. The van der Waals surface area contributed by atoms with Gasteiger partial charge in [-0.3, -0.25) is 0 Å². The molecule has 0 aromatic heterocycles. The molecule has 0 amide bonds. The topological polar surface area (TPSA) is 52.0 Å². The van der Waals surface area contributed by atoms with Crippen LogP contribution in [0.4, 0.5) is 0 Å². The fourth-order valence-corrected chi connectivity index (χ4v) is 3.01. The highest BCUT2D eigenvalue weighted by molar-refractivity contribution is 8.03. The molecule has 0 heterocycles. The summed E-state index contributed by atoms with van der Waals surface area (Å²) < 4.78 is 0. The molecule has 0 aliphatic heterocycles. The standard InChI is InChI=1S/C10H24N2S2/c1-9(2,11)5-6-13-7-8-14-10(3,4)12/h5-8,11-12H2,1-4H3. The lowest BCUT2D eigenvalue weighted by atomic mass is 10.0. The maximum Gasteiger partial charge on any atom is 0.0563 e. The van der Waals surface area contributed by atoms with Crippen molar-refractivity contribution in [1.29, 1.82) is 0 Å². The summed E-state index contributed by atoms with van der Waals surface area (Å²) in [6.45, 7) is 8.24. The van der Waals surface area contributed by atoms with Crippen molar-refractivity contribution < 1.29 is 0 Å². The van der Waals surface area contributed by atoms with Crippen LogP contribution in [0.3, 0.4) is 0 Å². The van der Waals surface area contributed by atoms with Gasteiger partial charge in [0.2, 0.25) is 0 Å². The first-order chi connectivity index (χ1) is 6.21. The molecule has 0 saturated carbocycles. The van der Waals surface area contributed by atoms with Crippen LogP contribution in [-0.2, 0) is 0 Å². The lowest BCUT2D eigenvalue weighted by Crippen LogP contribution is -2.32.